The van der Waals surface area contributed by atoms with Gasteiger partial charge < -0.3 is 20.5 Å². The van der Waals surface area contributed by atoms with Crippen molar-refractivity contribution in [2.24, 2.45) is 5.73 Å². The number of ether oxygens (including phenoxy) is 2. The van der Waals surface area contributed by atoms with Crippen molar-refractivity contribution in [1.82, 2.24) is 5.32 Å². The van der Waals surface area contributed by atoms with E-state index >= 15 is 0 Å². The number of nitrogens with one attached hydrogen (secondary N) is 1. The van der Waals surface area contributed by atoms with Crippen molar-refractivity contribution in [2.45, 2.75) is 62.9 Å². The van der Waals surface area contributed by atoms with Crippen molar-refractivity contribution >= 4 is 5.91 Å². The fourth-order valence-electron chi connectivity index (χ4n) is 3.83. The van der Waals surface area contributed by atoms with Gasteiger partial charge in [0.2, 0.25) is 0 Å². The number of halogens is 3. The van der Waals surface area contributed by atoms with Crippen LogP contribution in [0.3, 0.4) is 0 Å². The summed E-state index contributed by atoms with van der Waals surface area (Å²) in [6.45, 7) is 3.36. The van der Waals surface area contributed by atoms with Crippen molar-refractivity contribution in [3.63, 3.8) is 0 Å². The lowest BCUT2D eigenvalue weighted by atomic mass is 9.91. The maximum Gasteiger partial charge on any atom is 0.471 e. The van der Waals surface area contributed by atoms with Crippen LogP contribution in [0.2, 0.25) is 0 Å². The summed E-state index contributed by atoms with van der Waals surface area (Å²) in [6.07, 6.45) is -5.99. The third-order valence-corrected chi connectivity index (χ3v) is 5.17. The normalized spacial score (nSPS) is 22.6. The lowest BCUT2D eigenvalue weighted by Gasteiger charge is -2.30. The molecule has 8 heteroatoms. The minimum atomic E-state index is -5.01. The molecule has 1 amide bonds. The Balaban J connectivity index is 1.86. The number of alkyl halides is 3. The molecule has 4 atom stereocenters. The molecule has 1 aliphatic heterocycles. The molecule has 4 unspecified atom stereocenters. The second-order valence-electron chi connectivity index (χ2n) is 8.19. The number of hydrogen-bond donors (Lipinski definition) is 2. The highest BCUT2D eigenvalue weighted by Gasteiger charge is 2.49. The molecule has 0 saturated carbocycles. The molecule has 31 heavy (non-hydrogen) atoms. The van der Waals surface area contributed by atoms with Gasteiger partial charge in [-0.3, -0.25) is 4.79 Å². The van der Waals surface area contributed by atoms with E-state index in [2.05, 4.69) is 5.32 Å². The van der Waals surface area contributed by atoms with Gasteiger partial charge in [-0.05, 0) is 37.8 Å². The molecule has 0 spiro atoms. The zero-order chi connectivity index (χ0) is 22.6. The van der Waals surface area contributed by atoms with Crippen LogP contribution in [-0.2, 0) is 27.1 Å². The van der Waals surface area contributed by atoms with E-state index in [1.54, 1.807) is 38.1 Å². The maximum absolute atomic E-state index is 13.0. The Labute approximate surface area is 179 Å². The molecule has 1 fully saturated rings. The van der Waals surface area contributed by atoms with Gasteiger partial charge in [0, 0.05) is 6.04 Å². The number of amides is 1. The van der Waals surface area contributed by atoms with E-state index in [-0.39, 0.29) is 6.42 Å². The van der Waals surface area contributed by atoms with E-state index in [9.17, 15) is 18.0 Å². The molecule has 2 aromatic carbocycles. The number of carbonyl (C=O) groups is 1. The fourth-order valence-corrected chi connectivity index (χ4v) is 3.83. The van der Waals surface area contributed by atoms with E-state index in [0.29, 0.717) is 6.42 Å². The van der Waals surface area contributed by atoms with E-state index < -0.39 is 42.2 Å². The average molecular weight is 436 g/mol. The molecular weight excluding hydrogens is 409 g/mol. The lowest BCUT2D eigenvalue weighted by molar-refractivity contribution is -0.176. The molecule has 1 saturated heterocycles. The molecular formula is C23H27F3N2O3. The van der Waals surface area contributed by atoms with Crippen LogP contribution in [0.4, 0.5) is 13.2 Å². The topological polar surface area (TPSA) is 73.6 Å². The standard InChI is InChI=1S/C23H27F3N2O3/c1-22(2)30-19(17(27)13-15-9-5-3-6-10-15)20(31-22)18(28-21(29)23(24,25)26)14-16-11-7-4-8-12-16/h3-12,17-20H,13-14,27H2,1-2H3,(H,28,29). The van der Waals surface area contributed by atoms with Gasteiger partial charge in [-0.25, -0.2) is 0 Å². The molecule has 0 radical (unpaired) electrons. The number of rotatable bonds is 7. The van der Waals surface area contributed by atoms with Crippen molar-refractivity contribution in [3.05, 3.63) is 71.8 Å². The third-order valence-electron chi connectivity index (χ3n) is 5.17. The Bertz CT molecular complexity index is 859. The zero-order valence-corrected chi connectivity index (χ0v) is 17.4. The van der Waals surface area contributed by atoms with Crippen molar-refractivity contribution in [2.75, 3.05) is 0 Å². The maximum atomic E-state index is 13.0. The molecule has 0 aromatic heterocycles. The van der Waals surface area contributed by atoms with Gasteiger partial charge in [0.15, 0.2) is 5.79 Å². The van der Waals surface area contributed by atoms with Crippen LogP contribution < -0.4 is 11.1 Å². The molecule has 168 valence electrons. The predicted molar refractivity (Wildman–Crippen MR) is 110 cm³/mol. The highest BCUT2D eigenvalue weighted by Crippen LogP contribution is 2.33. The number of benzene rings is 2. The smallest absolute Gasteiger partial charge is 0.343 e. The molecule has 3 N–H and O–H groups in total. The molecule has 0 aliphatic carbocycles. The van der Waals surface area contributed by atoms with Crippen LogP contribution >= 0.6 is 0 Å². The van der Waals surface area contributed by atoms with Crippen LogP contribution in [-0.4, -0.2) is 42.2 Å². The molecule has 5 nitrogen and oxygen atoms in total. The second kappa shape index (κ2) is 9.38. The third kappa shape index (κ3) is 6.29. The Hall–Kier alpha value is -2.42. The Morgan fingerprint density at radius 1 is 0.968 bits per heavy atom. The van der Waals surface area contributed by atoms with E-state index in [1.165, 1.54) is 0 Å². The zero-order valence-electron chi connectivity index (χ0n) is 17.4. The van der Waals surface area contributed by atoms with E-state index in [0.717, 1.165) is 11.1 Å². The van der Waals surface area contributed by atoms with Crippen LogP contribution in [0.5, 0.6) is 0 Å². The molecule has 3 rings (SSSR count). The Morgan fingerprint density at radius 2 is 1.45 bits per heavy atom. The van der Waals surface area contributed by atoms with Gasteiger partial charge in [0.05, 0.1) is 6.04 Å². The Kier molecular flexibility index (Phi) is 7.03. The summed E-state index contributed by atoms with van der Waals surface area (Å²) < 4.78 is 51.1. The van der Waals surface area contributed by atoms with Crippen LogP contribution in [0.25, 0.3) is 0 Å². The molecule has 2 aromatic rings. The van der Waals surface area contributed by atoms with Crippen molar-refractivity contribution in [1.29, 1.82) is 0 Å². The van der Waals surface area contributed by atoms with E-state index in [4.69, 9.17) is 15.2 Å². The van der Waals surface area contributed by atoms with Crippen LogP contribution in [0.1, 0.15) is 25.0 Å². The minimum Gasteiger partial charge on any atom is -0.343 e. The molecule has 1 aliphatic rings. The molecule has 0 bridgehead atoms. The first-order valence-corrected chi connectivity index (χ1v) is 10.1. The van der Waals surface area contributed by atoms with Crippen LogP contribution in [0.15, 0.2) is 60.7 Å². The predicted octanol–water partition coefficient (Wildman–Crippen LogP) is 3.37. The van der Waals surface area contributed by atoms with Crippen LogP contribution in [0, 0.1) is 0 Å². The monoisotopic (exact) mass is 436 g/mol. The van der Waals surface area contributed by atoms with Gasteiger partial charge in [0.1, 0.15) is 12.2 Å². The number of hydrogen-bond acceptors (Lipinski definition) is 4. The first-order valence-electron chi connectivity index (χ1n) is 10.1. The fraction of sp³-hybridized carbons (Fsp3) is 0.435. The van der Waals surface area contributed by atoms with Gasteiger partial charge in [-0.15, -0.1) is 0 Å². The summed E-state index contributed by atoms with van der Waals surface area (Å²) in [6, 6.07) is 16.9. The highest BCUT2D eigenvalue weighted by atomic mass is 19.4. The number of nitrogens with two attached hydrogens (primary N) is 1. The summed E-state index contributed by atoms with van der Waals surface area (Å²) in [7, 11) is 0. The van der Waals surface area contributed by atoms with Gasteiger partial charge in [0.25, 0.3) is 0 Å². The summed E-state index contributed by atoms with van der Waals surface area (Å²) >= 11 is 0. The quantitative estimate of drug-likeness (QED) is 0.698. The summed E-state index contributed by atoms with van der Waals surface area (Å²) in [4.78, 5) is 11.8. The average Bonchev–Trinajstić information content (AvgIpc) is 3.04. The second-order valence-corrected chi connectivity index (χ2v) is 8.19. The first kappa shape index (κ1) is 23.2. The van der Waals surface area contributed by atoms with E-state index in [1.807, 2.05) is 36.4 Å². The minimum absolute atomic E-state index is 0.140. The largest absolute Gasteiger partial charge is 0.471 e. The highest BCUT2D eigenvalue weighted by molar-refractivity contribution is 5.82. The van der Waals surface area contributed by atoms with Gasteiger partial charge >= 0.3 is 12.1 Å². The summed E-state index contributed by atoms with van der Waals surface area (Å²) in [5, 5.41) is 2.11. The van der Waals surface area contributed by atoms with Crippen molar-refractivity contribution in [3.8, 4) is 0 Å². The van der Waals surface area contributed by atoms with Gasteiger partial charge in [-0.2, -0.15) is 13.2 Å². The van der Waals surface area contributed by atoms with Crippen molar-refractivity contribution < 1.29 is 27.4 Å². The SMILES string of the molecule is CC1(C)OC(C(N)Cc2ccccc2)C(C(Cc2ccccc2)NC(=O)C(F)(F)F)O1. The first-order chi connectivity index (χ1) is 14.5. The summed E-state index contributed by atoms with van der Waals surface area (Å²) in [5.41, 5.74) is 8.17. The molecule has 1 heterocycles. The Morgan fingerprint density at radius 3 is 1.97 bits per heavy atom. The lowest BCUT2D eigenvalue weighted by Crippen LogP contribution is -2.56. The van der Waals surface area contributed by atoms with Gasteiger partial charge in [-0.1, -0.05) is 60.7 Å². The summed E-state index contributed by atoms with van der Waals surface area (Å²) in [5.74, 6) is -3.07. The number of carbonyl (C=O) groups excluding carboxylic acids is 1.